The van der Waals surface area contributed by atoms with Crippen molar-refractivity contribution in [3.63, 3.8) is 0 Å². The number of alkyl halides is 3. The monoisotopic (exact) mass is 432 g/mol. The Morgan fingerprint density at radius 3 is 2.81 bits per heavy atom. The van der Waals surface area contributed by atoms with Gasteiger partial charge in [-0.05, 0) is 36.6 Å². The fraction of sp³-hybridized carbons (Fsp3) is 0.188. The Morgan fingerprint density at radius 1 is 1.37 bits per heavy atom. The second kappa shape index (κ2) is 7.91. The van der Waals surface area contributed by atoms with Gasteiger partial charge in [0.15, 0.2) is 5.82 Å². The summed E-state index contributed by atoms with van der Waals surface area (Å²) in [6.45, 7) is 1.60. The van der Waals surface area contributed by atoms with Crippen LogP contribution in [0.25, 0.3) is 10.7 Å². The zero-order valence-corrected chi connectivity index (χ0v) is 16.1. The van der Waals surface area contributed by atoms with Crippen LogP contribution in [0.1, 0.15) is 12.5 Å². The maximum Gasteiger partial charge on any atom is 0.416 e. The molecule has 0 saturated carbocycles. The second-order valence-corrected chi connectivity index (χ2v) is 8.05. The van der Waals surface area contributed by atoms with Crippen LogP contribution in [0.2, 0.25) is 5.02 Å². The first-order valence-electron chi connectivity index (χ1n) is 7.54. The summed E-state index contributed by atoms with van der Waals surface area (Å²) < 4.78 is 38.5. The number of anilines is 1. The lowest BCUT2D eigenvalue weighted by Crippen LogP contribution is -2.23. The third-order valence-corrected chi connectivity index (χ3v) is 5.59. The number of hydrogen-bond donors (Lipinski definition) is 2. The molecule has 0 unspecified atom stereocenters. The second-order valence-electron chi connectivity index (χ2n) is 5.39. The number of carbonyl (C=O) groups excluding carboxylic acids is 1. The molecule has 5 nitrogen and oxygen atoms in total. The molecular weight excluding hydrogens is 421 g/mol. The first-order chi connectivity index (χ1) is 12.7. The summed E-state index contributed by atoms with van der Waals surface area (Å²) in [6, 6.07) is 6.52. The largest absolute Gasteiger partial charge is 0.416 e. The molecule has 2 N–H and O–H groups in total. The van der Waals surface area contributed by atoms with Gasteiger partial charge in [0.1, 0.15) is 0 Å². The lowest BCUT2D eigenvalue weighted by molar-refractivity contribution is -0.137. The summed E-state index contributed by atoms with van der Waals surface area (Å²) in [5.74, 6) is 0.0738. The van der Waals surface area contributed by atoms with Gasteiger partial charge in [0, 0.05) is 0 Å². The fourth-order valence-electron chi connectivity index (χ4n) is 2.07. The Bertz CT molecular complexity index is 944. The Kier molecular flexibility index (Phi) is 5.78. The minimum absolute atomic E-state index is 0.0198. The molecule has 3 aromatic rings. The summed E-state index contributed by atoms with van der Waals surface area (Å²) in [4.78, 5) is 17.5. The molecule has 0 aliphatic rings. The number of H-pyrrole nitrogens is 1. The van der Waals surface area contributed by atoms with Gasteiger partial charge in [0.2, 0.25) is 11.1 Å². The lowest BCUT2D eigenvalue weighted by Gasteiger charge is -2.13. The summed E-state index contributed by atoms with van der Waals surface area (Å²) in [7, 11) is 0. The van der Waals surface area contributed by atoms with Gasteiger partial charge in [-0.25, -0.2) is 4.98 Å². The first kappa shape index (κ1) is 19.7. The SMILES string of the molecule is C[C@H](Sc1n[nH]c(-c2cccs2)n1)C(=O)Nc1cc(C(F)(F)F)ccc1Cl. The number of benzene rings is 1. The van der Waals surface area contributed by atoms with E-state index in [2.05, 4.69) is 20.5 Å². The average molecular weight is 433 g/mol. The maximum absolute atomic E-state index is 12.8. The summed E-state index contributed by atoms with van der Waals surface area (Å²) in [5, 5.41) is 10.9. The van der Waals surface area contributed by atoms with Crippen LogP contribution >= 0.6 is 34.7 Å². The van der Waals surface area contributed by atoms with Crippen molar-refractivity contribution in [2.24, 2.45) is 0 Å². The molecule has 1 amide bonds. The van der Waals surface area contributed by atoms with E-state index in [9.17, 15) is 18.0 Å². The van der Waals surface area contributed by atoms with Gasteiger partial charge in [-0.2, -0.15) is 13.2 Å². The van der Waals surface area contributed by atoms with Crippen LogP contribution < -0.4 is 5.32 Å². The third kappa shape index (κ3) is 4.82. The van der Waals surface area contributed by atoms with Crippen LogP contribution in [0.5, 0.6) is 0 Å². The van der Waals surface area contributed by atoms with Gasteiger partial charge < -0.3 is 5.32 Å². The molecule has 0 spiro atoms. The number of rotatable bonds is 5. The molecule has 2 heterocycles. The number of aromatic nitrogens is 3. The molecule has 0 bridgehead atoms. The molecule has 142 valence electrons. The predicted molar refractivity (Wildman–Crippen MR) is 100 cm³/mol. The van der Waals surface area contributed by atoms with E-state index in [4.69, 9.17) is 11.6 Å². The van der Waals surface area contributed by atoms with Crippen molar-refractivity contribution < 1.29 is 18.0 Å². The third-order valence-electron chi connectivity index (χ3n) is 3.42. The van der Waals surface area contributed by atoms with Crippen LogP contribution in [-0.2, 0) is 11.0 Å². The Balaban J connectivity index is 1.68. The molecule has 2 aromatic heterocycles. The van der Waals surface area contributed by atoms with Gasteiger partial charge in [0.05, 0.1) is 26.4 Å². The van der Waals surface area contributed by atoms with E-state index in [0.29, 0.717) is 11.0 Å². The Hall–Kier alpha value is -2.04. The van der Waals surface area contributed by atoms with Crippen molar-refractivity contribution in [1.82, 2.24) is 15.2 Å². The zero-order valence-electron chi connectivity index (χ0n) is 13.7. The molecule has 0 aliphatic heterocycles. The highest BCUT2D eigenvalue weighted by atomic mass is 35.5. The summed E-state index contributed by atoms with van der Waals surface area (Å²) >= 11 is 8.47. The number of halogens is 4. The number of nitrogens with one attached hydrogen (secondary N) is 2. The van der Waals surface area contributed by atoms with Gasteiger partial charge in [-0.3, -0.25) is 9.89 Å². The predicted octanol–water partition coefficient (Wildman–Crippen LogP) is 5.32. The highest BCUT2D eigenvalue weighted by molar-refractivity contribution is 8.00. The number of aromatic amines is 1. The smallest absolute Gasteiger partial charge is 0.324 e. The van der Waals surface area contributed by atoms with Crippen LogP contribution in [-0.4, -0.2) is 26.3 Å². The standard InChI is InChI=1S/C16H12ClF3N4OS2/c1-8(27-15-22-13(23-24-15)12-3-2-6-26-12)14(25)21-11-7-9(16(18,19)20)4-5-10(11)17/h2-8H,1H3,(H,21,25)(H,22,23,24)/t8-/m0/s1. The molecular formula is C16H12ClF3N4OS2. The van der Waals surface area contributed by atoms with Crippen LogP contribution in [0, 0.1) is 0 Å². The van der Waals surface area contributed by atoms with E-state index in [0.717, 1.165) is 34.8 Å². The minimum Gasteiger partial charge on any atom is -0.324 e. The van der Waals surface area contributed by atoms with Crippen molar-refractivity contribution in [3.05, 3.63) is 46.3 Å². The number of nitrogens with zero attached hydrogens (tertiary/aromatic N) is 2. The quantitative estimate of drug-likeness (QED) is 0.535. The van der Waals surface area contributed by atoms with E-state index >= 15 is 0 Å². The topological polar surface area (TPSA) is 70.7 Å². The first-order valence-corrected chi connectivity index (χ1v) is 9.68. The van der Waals surface area contributed by atoms with Gasteiger partial charge in [-0.1, -0.05) is 29.4 Å². The molecule has 3 rings (SSSR count). The summed E-state index contributed by atoms with van der Waals surface area (Å²) in [6.07, 6.45) is -4.53. The van der Waals surface area contributed by atoms with Crippen molar-refractivity contribution in [2.75, 3.05) is 5.32 Å². The number of hydrogen-bond acceptors (Lipinski definition) is 5. The molecule has 1 atom stereocenters. The van der Waals surface area contributed by atoms with Crippen molar-refractivity contribution in [3.8, 4) is 10.7 Å². The number of thiophene rings is 1. The van der Waals surface area contributed by atoms with Crippen LogP contribution in [0.3, 0.4) is 0 Å². The molecule has 11 heteroatoms. The van der Waals surface area contributed by atoms with E-state index in [1.54, 1.807) is 6.92 Å². The normalized spacial score (nSPS) is 12.8. The fourth-order valence-corrected chi connectivity index (χ4v) is 3.62. The zero-order chi connectivity index (χ0) is 19.6. The van der Waals surface area contributed by atoms with Crippen LogP contribution in [0.15, 0.2) is 40.9 Å². The van der Waals surface area contributed by atoms with E-state index in [1.807, 2.05) is 17.5 Å². The number of carbonyl (C=O) groups is 1. The molecule has 0 radical (unpaired) electrons. The molecule has 0 fully saturated rings. The lowest BCUT2D eigenvalue weighted by atomic mass is 10.2. The van der Waals surface area contributed by atoms with Crippen molar-refractivity contribution in [1.29, 1.82) is 0 Å². The van der Waals surface area contributed by atoms with Crippen molar-refractivity contribution in [2.45, 2.75) is 23.5 Å². The molecule has 0 saturated heterocycles. The average Bonchev–Trinajstić information content (AvgIpc) is 3.26. The van der Waals surface area contributed by atoms with Crippen molar-refractivity contribution >= 4 is 46.3 Å². The molecule has 0 aliphatic carbocycles. The minimum atomic E-state index is -4.53. The van der Waals surface area contributed by atoms with Crippen LogP contribution in [0.4, 0.5) is 18.9 Å². The number of amides is 1. The highest BCUT2D eigenvalue weighted by Gasteiger charge is 2.31. The Morgan fingerprint density at radius 2 is 2.15 bits per heavy atom. The van der Waals surface area contributed by atoms with E-state index in [1.165, 1.54) is 11.3 Å². The molecule has 27 heavy (non-hydrogen) atoms. The Labute approximate surface area is 165 Å². The summed E-state index contributed by atoms with van der Waals surface area (Å²) in [5.41, 5.74) is -0.990. The maximum atomic E-state index is 12.8. The van der Waals surface area contributed by atoms with Gasteiger partial charge >= 0.3 is 6.18 Å². The van der Waals surface area contributed by atoms with Gasteiger partial charge in [0.25, 0.3) is 0 Å². The van der Waals surface area contributed by atoms with E-state index < -0.39 is 22.9 Å². The molecule has 1 aromatic carbocycles. The van der Waals surface area contributed by atoms with Gasteiger partial charge in [-0.15, -0.1) is 16.4 Å². The number of thioether (sulfide) groups is 1. The highest BCUT2D eigenvalue weighted by Crippen LogP contribution is 2.34. The van der Waals surface area contributed by atoms with E-state index in [-0.39, 0.29) is 10.7 Å².